The first kappa shape index (κ1) is 19.6. The number of fused-ring (bicyclic) bond motifs is 2. The maximum absolute atomic E-state index is 12.3. The molecular formula is C19H18N4O4S2. The van der Waals surface area contributed by atoms with Crippen molar-refractivity contribution in [1.29, 1.82) is 0 Å². The Morgan fingerprint density at radius 1 is 1.10 bits per heavy atom. The third-order valence-electron chi connectivity index (χ3n) is 4.41. The second-order valence-electron chi connectivity index (χ2n) is 6.63. The first-order valence-corrected chi connectivity index (χ1v) is 11.1. The van der Waals surface area contributed by atoms with Crippen LogP contribution < -0.4 is 5.56 Å². The number of sulfonamides is 1. The highest BCUT2D eigenvalue weighted by Crippen LogP contribution is 2.34. The van der Waals surface area contributed by atoms with Crippen LogP contribution in [0.2, 0.25) is 0 Å². The van der Waals surface area contributed by atoms with Crippen molar-refractivity contribution in [2.24, 2.45) is 0 Å². The largest absolute Gasteiger partial charge is 0.431 e. The van der Waals surface area contributed by atoms with Gasteiger partial charge in [-0.1, -0.05) is 23.9 Å². The van der Waals surface area contributed by atoms with Gasteiger partial charge >= 0.3 is 0 Å². The molecule has 8 nitrogen and oxygen atoms in total. The summed E-state index contributed by atoms with van der Waals surface area (Å²) in [6.07, 6.45) is 0. The molecule has 2 aromatic heterocycles. The Bertz CT molecular complexity index is 1380. The zero-order chi connectivity index (χ0) is 20.8. The Balaban J connectivity index is 1.65. The number of benzene rings is 2. The van der Waals surface area contributed by atoms with Gasteiger partial charge in [-0.05, 0) is 37.3 Å². The van der Waals surface area contributed by atoms with Crippen LogP contribution in [0.25, 0.3) is 22.0 Å². The van der Waals surface area contributed by atoms with Crippen molar-refractivity contribution in [2.75, 3.05) is 14.1 Å². The van der Waals surface area contributed by atoms with Crippen LogP contribution in [0.15, 0.2) is 61.8 Å². The van der Waals surface area contributed by atoms with Crippen LogP contribution in [0.5, 0.6) is 0 Å². The molecule has 0 amide bonds. The molecule has 10 heteroatoms. The summed E-state index contributed by atoms with van der Waals surface area (Å²) in [6, 6.07) is 11.7. The predicted octanol–water partition coefficient (Wildman–Crippen LogP) is 3.17. The van der Waals surface area contributed by atoms with Crippen LogP contribution in [0, 0.1) is 0 Å². The molecule has 150 valence electrons. The molecule has 0 aliphatic carbocycles. The summed E-state index contributed by atoms with van der Waals surface area (Å²) >= 11 is 1.29. The lowest BCUT2D eigenvalue weighted by atomic mass is 10.2. The highest BCUT2D eigenvalue weighted by molar-refractivity contribution is 7.99. The standard InChI is InChI=1S/C19H18N4O4S2/c1-11(17-20-14-7-5-4-6-13(14)18(24)22-17)28-19-21-15-10-12(8-9-16(15)27-19)29(25,26)23(2)3/h4-11H,1-3H3,(H,20,22,24)/t11-/m1/s1. The average molecular weight is 431 g/mol. The molecule has 29 heavy (non-hydrogen) atoms. The molecular weight excluding hydrogens is 412 g/mol. The highest BCUT2D eigenvalue weighted by atomic mass is 32.2. The van der Waals surface area contributed by atoms with E-state index in [0.29, 0.717) is 33.0 Å². The molecule has 0 aliphatic heterocycles. The molecule has 0 fully saturated rings. The molecule has 0 radical (unpaired) electrons. The highest BCUT2D eigenvalue weighted by Gasteiger charge is 2.20. The van der Waals surface area contributed by atoms with Crippen molar-refractivity contribution in [2.45, 2.75) is 22.3 Å². The third-order valence-corrected chi connectivity index (χ3v) is 7.18. The van der Waals surface area contributed by atoms with Crippen LogP contribution in [0.4, 0.5) is 0 Å². The Kier molecular flexibility index (Phi) is 4.93. The molecule has 4 aromatic rings. The molecule has 1 N–H and O–H groups in total. The number of hydrogen-bond acceptors (Lipinski definition) is 7. The number of rotatable bonds is 5. The molecule has 0 spiro atoms. The van der Waals surface area contributed by atoms with Crippen LogP contribution in [0.3, 0.4) is 0 Å². The van der Waals surface area contributed by atoms with Crippen molar-refractivity contribution in [1.82, 2.24) is 19.3 Å². The number of aromatic nitrogens is 3. The fourth-order valence-corrected chi connectivity index (χ4v) is 4.55. The van der Waals surface area contributed by atoms with Crippen molar-refractivity contribution in [3.63, 3.8) is 0 Å². The van der Waals surface area contributed by atoms with E-state index in [2.05, 4.69) is 15.0 Å². The van der Waals surface area contributed by atoms with Crippen LogP contribution >= 0.6 is 11.8 Å². The van der Waals surface area contributed by atoms with Gasteiger partial charge in [0.15, 0.2) is 5.58 Å². The molecule has 4 rings (SSSR count). The normalized spacial score (nSPS) is 13.4. The minimum absolute atomic E-state index is 0.147. The summed E-state index contributed by atoms with van der Waals surface area (Å²) in [6.45, 7) is 1.88. The molecule has 0 unspecified atom stereocenters. The molecule has 0 saturated carbocycles. The lowest BCUT2D eigenvalue weighted by Gasteiger charge is -2.10. The van der Waals surface area contributed by atoms with Crippen molar-refractivity contribution >= 4 is 43.8 Å². The van der Waals surface area contributed by atoms with Crippen LogP contribution in [0.1, 0.15) is 18.0 Å². The maximum Gasteiger partial charge on any atom is 0.258 e. The zero-order valence-corrected chi connectivity index (χ0v) is 17.5. The summed E-state index contributed by atoms with van der Waals surface area (Å²) in [5.41, 5.74) is 1.35. The van der Waals surface area contributed by atoms with Gasteiger partial charge in [0.2, 0.25) is 10.0 Å². The molecule has 2 heterocycles. The van der Waals surface area contributed by atoms with E-state index in [1.807, 2.05) is 13.0 Å². The van der Waals surface area contributed by atoms with Gasteiger partial charge in [-0.15, -0.1) is 0 Å². The van der Waals surface area contributed by atoms with Gasteiger partial charge in [0.1, 0.15) is 11.3 Å². The molecule has 0 bridgehead atoms. The van der Waals surface area contributed by atoms with Gasteiger partial charge in [0, 0.05) is 14.1 Å². The van der Waals surface area contributed by atoms with Gasteiger partial charge in [-0.2, -0.15) is 0 Å². The third kappa shape index (κ3) is 3.66. The number of para-hydroxylation sites is 1. The van der Waals surface area contributed by atoms with E-state index < -0.39 is 10.0 Å². The van der Waals surface area contributed by atoms with Gasteiger partial charge in [0.05, 0.1) is 21.0 Å². The minimum Gasteiger partial charge on any atom is -0.431 e. The minimum atomic E-state index is -3.56. The molecule has 0 saturated heterocycles. The number of aromatic amines is 1. The van der Waals surface area contributed by atoms with Crippen LogP contribution in [-0.4, -0.2) is 41.8 Å². The van der Waals surface area contributed by atoms with E-state index >= 15 is 0 Å². The van der Waals surface area contributed by atoms with E-state index in [1.54, 1.807) is 24.3 Å². The second-order valence-corrected chi connectivity index (χ2v) is 10.1. The summed E-state index contributed by atoms with van der Waals surface area (Å²) < 4.78 is 31.5. The summed E-state index contributed by atoms with van der Waals surface area (Å²) in [5.74, 6) is 0.511. The lowest BCUT2D eigenvalue weighted by Crippen LogP contribution is -2.22. The average Bonchev–Trinajstić information content (AvgIpc) is 3.09. The van der Waals surface area contributed by atoms with E-state index in [-0.39, 0.29) is 15.7 Å². The number of H-pyrrole nitrogens is 1. The SMILES string of the molecule is C[C@@H](Sc1nc2cc(S(=O)(=O)N(C)C)ccc2o1)c1nc2ccccc2c(=O)[nH]1. The number of hydrogen-bond donors (Lipinski definition) is 1. The fourth-order valence-electron chi connectivity index (χ4n) is 2.81. The Labute approximate surface area is 171 Å². The van der Waals surface area contributed by atoms with Gasteiger partial charge in [0.25, 0.3) is 10.8 Å². The van der Waals surface area contributed by atoms with E-state index in [0.717, 1.165) is 4.31 Å². The topological polar surface area (TPSA) is 109 Å². The van der Waals surface area contributed by atoms with Gasteiger partial charge in [-0.25, -0.2) is 22.7 Å². The van der Waals surface area contributed by atoms with Crippen molar-refractivity contribution in [3.05, 3.63) is 58.6 Å². The zero-order valence-electron chi connectivity index (χ0n) is 15.9. The summed E-state index contributed by atoms with van der Waals surface area (Å²) in [7, 11) is -0.606. The molecule has 1 atom stereocenters. The number of thioether (sulfide) groups is 1. The second kappa shape index (κ2) is 7.29. The Morgan fingerprint density at radius 2 is 1.86 bits per heavy atom. The fraction of sp³-hybridized carbons (Fsp3) is 0.211. The van der Waals surface area contributed by atoms with E-state index in [4.69, 9.17) is 4.42 Å². The number of nitrogens with one attached hydrogen (secondary N) is 1. The first-order chi connectivity index (χ1) is 13.8. The number of nitrogens with zero attached hydrogens (tertiary/aromatic N) is 3. The molecule has 2 aromatic carbocycles. The predicted molar refractivity (Wildman–Crippen MR) is 112 cm³/mol. The Morgan fingerprint density at radius 3 is 2.62 bits per heavy atom. The van der Waals surface area contributed by atoms with Gasteiger partial charge in [-0.3, -0.25) is 4.79 Å². The first-order valence-electron chi connectivity index (χ1n) is 8.74. The smallest absolute Gasteiger partial charge is 0.258 e. The summed E-state index contributed by atoms with van der Waals surface area (Å²) in [4.78, 5) is 24.1. The quantitative estimate of drug-likeness (QED) is 0.484. The maximum atomic E-state index is 12.3. The van der Waals surface area contributed by atoms with Gasteiger partial charge < -0.3 is 9.40 Å². The molecule has 0 aliphatic rings. The number of oxazole rings is 1. The monoisotopic (exact) mass is 430 g/mol. The lowest BCUT2D eigenvalue weighted by molar-refractivity contribution is 0.488. The van der Waals surface area contributed by atoms with Crippen LogP contribution in [-0.2, 0) is 10.0 Å². The van der Waals surface area contributed by atoms with E-state index in [1.165, 1.54) is 38.0 Å². The van der Waals surface area contributed by atoms with Crippen molar-refractivity contribution < 1.29 is 12.8 Å². The van der Waals surface area contributed by atoms with E-state index in [9.17, 15) is 13.2 Å². The Hall–Kier alpha value is -2.69. The summed E-state index contributed by atoms with van der Waals surface area (Å²) in [5, 5.41) is 0.665. The van der Waals surface area contributed by atoms with Crippen molar-refractivity contribution in [3.8, 4) is 0 Å².